The molecule has 0 amide bonds. The molecule has 0 aromatic heterocycles. The third kappa shape index (κ3) is 4.99. The van der Waals surface area contributed by atoms with Crippen molar-refractivity contribution in [2.45, 2.75) is 44.2 Å². The lowest BCUT2D eigenvalue weighted by atomic mass is 9.73. The molecule has 0 unspecified atom stereocenters. The fourth-order valence-electron chi connectivity index (χ4n) is 10.7. The summed E-state index contributed by atoms with van der Waals surface area (Å²) < 4.78 is 0. The first kappa shape index (κ1) is 35.6. The third-order valence-electron chi connectivity index (χ3n) is 13.7. The number of nitrogens with zero attached hydrogens (tertiary/aromatic N) is 4. The Morgan fingerprint density at radius 1 is 0.311 bits per heavy atom. The van der Waals surface area contributed by atoms with Crippen LogP contribution in [0.1, 0.15) is 72.2 Å². The van der Waals surface area contributed by atoms with Crippen molar-refractivity contribution in [3.63, 3.8) is 0 Å². The van der Waals surface area contributed by atoms with Gasteiger partial charge in [0.15, 0.2) is 0 Å². The van der Waals surface area contributed by atoms with Gasteiger partial charge in [-0.05, 0) is 81.9 Å². The molecular formula is C57H44N4. The molecule has 4 nitrogen and oxygen atoms in total. The normalized spacial score (nSPS) is 16.7. The molecule has 3 heterocycles. The number of hydrogen-bond acceptors (Lipinski definition) is 4. The van der Waals surface area contributed by atoms with Gasteiger partial charge in [0.05, 0.1) is 34.2 Å². The van der Waals surface area contributed by atoms with Crippen LogP contribution in [0, 0.1) is 0 Å². The lowest BCUT2D eigenvalue weighted by molar-refractivity contribution is 0.606. The highest BCUT2D eigenvalue weighted by Crippen LogP contribution is 2.55. The standard InChI is InChI=1S/C57H44N4/c1-55(2)45-21-9-13-25-49(45)60(50-26-14-10-22-46(50)55)39-33-29-37(30-34-39)53-54(59-57(58-53)43-19-7-5-17-41(43)42-18-6-8-20-44(42)57)38-31-35-40(36-32-38)61-51-27-15-11-23-47(51)56(3,4)48-24-12-16-28-52(48)61/h5-36H,1-4H3. The van der Waals surface area contributed by atoms with Crippen molar-refractivity contribution in [1.29, 1.82) is 0 Å². The molecule has 0 N–H and O–H groups in total. The minimum atomic E-state index is -0.887. The molecule has 1 spiro atoms. The summed E-state index contributed by atoms with van der Waals surface area (Å²) in [5.41, 5.74) is 19.6. The summed E-state index contributed by atoms with van der Waals surface area (Å²) in [4.78, 5) is 16.3. The SMILES string of the molecule is CC1(C)c2ccccc2N(c2ccc(C3=NC4(N=C3c3ccc(N5c6ccccc6C(C)(C)c6ccccc65)cc3)c3ccccc3-c3ccccc34)cc2)c2ccccc21. The number of aliphatic imine (C=N–C) groups is 2. The van der Waals surface area contributed by atoms with Gasteiger partial charge in [-0.25, -0.2) is 9.98 Å². The summed E-state index contributed by atoms with van der Waals surface area (Å²) in [6.07, 6.45) is 0. The topological polar surface area (TPSA) is 31.2 Å². The summed E-state index contributed by atoms with van der Waals surface area (Å²) >= 11 is 0. The molecule has 0 saturated heterocycles. The Balaban J connectivity index is 0.997. The number of anilines is 6. The molecular weight excluding hydrogens is 741 g/mol. The summed E-state index contributed by atoms with van der Waals surface area (Å²) in [5, 5.41) is 0. The van der Waals surface area contributed by atoms with Crippen LogP contribution in [-0.2, 0) is 16.5 Å². The molecule has 8 aromatic carbocycles. The summed E-state index contributed by atoms with van der Waals surface area (Å²) in [6, 6.07) is 70.5. The molecule has 0 saturated carbocycles. The van der Waals surface area contributed by atoms with Crippen molar-refractivity contribution in [3.8, 4) is 11.1 Å². The van der Waals surface area contributed by atoms with Crippen LogP contribution in [-0.4, -0.2) is 11.4 Å². The van der Waals surface area contributed by atoms with Crippen molar-refractivity contribution in [3.05, 3.63) is 239 Å². The second-order valence-electron chi connectivity index (χ2n) is 17.8. The van der Waals surface area contributed by atoms with E-state index in [1.54, 1.807) is 0 Å². The second kappa shape index (κ2) is 12.8. The van der Waals surface area contributed by atoms with Crippen LogP contribution in [0.25, 0.3) is 11.1 Å². The lowest BCUT2D eigenvalue weighted by Gasteiger charge is -2.42. The average molecular weight is 785 g/mol. The molecule has 4 heteroatoms. The van der Waals surface area contributed by atoms with Crippen molar-refractivity contribution in [2.24, 2.45) is 9.98 Å². The van der Waals surface area contributed by atoms with E-state index in [-0.39, 0.29) is 10.8 Å². The highest BCUT2D eigenvalue weighted by Gasteiger charge is 2.47. The summed E-state index contributed by atoms with van der Waals surface area (Å²) in [6.45, 7) is 9.32. The van der Waals surface area contributed by atoms with Crippen molar-refractivity contribution in [1.82, 2.24) is 0 Å². The number of benzene rings is 8. The summed E-state index contributed by atoms with van der Waals surface area (Å²) in [5.74, 6) is 0. The molecule has 0 fully saturated rings. The van der Waals surface area contributed by atoms with E-state index < -0.39 is 5.66 Å². The van der Waals surface area contributed by atoms with Crippen LogP contribution in [0.3, 0.4) is 0 Å². The first-order valence-electron chi connectivity index (χ1n) is 21.3. The number of hydrogen-bond donors (Lipinski definition) is 0. The van der Waals surface area contributed by atoms with Crippen LogP contribution in [0.4, 0.5) is 34.1 Å². The zero-order valence-electron chi connectivity index (χ0n) is 34.8. The Kier molecular flexibility index (Phi) is 7.51. The van der Waals surface area contributed by atoms with Crippen LogP contribution in [0.5, 0.6) is 0 Å². The van der Waals surface area contributed by atoms with Gasteiger partial charge in [-0.1, -0.05) is 173 Å². The first-order valence-corrected chi connectivity index (χ1v) is 21.3. The Morgan fingerprint density at radius 3 is 0.918 bits per heavy atom. The van der Waals surface area contributed by atoms with Gasteiger partial charge >= 0.3 is 0 Å². The van der Waals surface area contributed by atoms with E-state index in [1.807, 2.05) is 0 Å². The van der Waals surface area contributed by atoms with E-state index in [4.69, 9.17) is 9.98 Å². The fourth-order valence-corrected chi connectivity index (χ4v) is 10.7. The largest absolute Gasteiger partial charge is 0.310 e. The summed E-state index contributed by atoms with van der Waals surface area (Å²) in [7, 11) is 0. The van der Waals surface area contributed by atoms with Crippen molar-refractivity contribution in [2.75, 3.05) is 9.80 Å². The maximum atomic E-state index is 5.74. The number of fused-ring (bicyclic) bond motifs is 9. The second-order valence-corrected chi connectivity index (χ2v) is 17.8. The van der Waals surface area contributed by atoms with Gasteiger partial charge in [-0.3, -0.25) is 0 Å². The molecule has 3 aliphatic heterocycles. The quantitative estimate of drug-likeness (QED) is 0.178. The molecule has 0 atom stereocenters. The van der Waals surface area contributed by atoms with E-state index >= 15 is 0 Å². The van der Waals surface area contributed by atoms with Gasteiger partial charge < -0.3 is 9.80 Å². The molecule has 292 valence electrons. The fraction of sp³-hybridized carbons (Fsp3) is 0.123. The zero-order chi connectivity index (χ0) is 41.1. The van der Waals surface area contributed by atoms with Gasteiger partial charge in [0.25, 0.3) is 0 Å². The van der Waals surface area contributed by atoms with Gasteiger partial charge in [-0.15, -0.1) is 0 Å². The maximum absolute atomic E-state index is 5.74. The van der Waals surface area contributed by atoms with Crippen LogP contribution in [0.15, 0.2) is 204 Å². The Labute approximate surface area is 357 Å². The van der Waals surface area contributed by atoms with Crippen LogP contribution < -0.4 is 9.80 Å². The minimum Gasteiger partial charge on any atom is -0.310 e. The number of rotatable bonds is 4. The predicted molar refractivity (Wildman–Crippen MR) is 252 cm³/mol. The number of para-hydroxylation sites is 4. The van der Waals surface area contributed by atoms with E-state index in [1.165, 1.54) is 56.1 Å². The smallest absolute Gasteiger partial charge is 0.204 e. The Morgan fingerprint density at radius 2 is 0.590 bits per heavy atom. The minimum absolute atomic E-state index is 0.122. The van der Waals surface area contributed by atoms with Gasteiger partial charge in [-0.2, -0.15) is 0 Å². The Bertz CT molecular complexity index is 2840. The lowest BCUT2D eigenvalue weighted by Crippen LogP contribution is -2.30. The highest BCUT2D eigenvalue weighted by molar-refractivity contribution is 6.54. The van der Waals surface area contributed by atoms with Crippen molar-refractivity contribution < 1.29 is 0 Å². The third-order valence-corrected chi connectivity index (χ3v) is 13.7. The molecule has 8 aromatic rings. The molecule has 12 rings (SSSR count). The van der Waals surface area contributed by atoms with E-state index in [0.717, 1.165) is 45.1 Å². The highest BCUT2D eigenvalue weighted by atomic mass is 15.2. The van der Waals surface area contributed by atoms with E-state index in [2.05, 4.69) is 232 Å². The average Bonchev–Trinajstić information content (AvgIpc) is 3.83. The molecule has 0 radical (unpaired) electrons. The predicted octanol–water partition coefficient (Wildman–Crippen LogP) is 14.1. The van der Waals surface area contributed by atoms with E-state index in [9.17, 15) is 0 Å². The van der Waals surface area contributed by atoms with Gasteiger partial charge in [0, 0.05) is 44.5 Å². The van der Waals surface area contributed by atoms with E-state index in [0.29, 0.717) is 0 Å². The molecule has 61 heavy (non-hydrogen) atoms. The van der Waals surface area contributed by atoms with Crippen LogP contribution in [0.2, 0.25) is 0 Å². The monoisotopic (exact) mass is 784 g/mol. The van der Waals surface area contributed by atoms with Crippen molar-refractivity contribution >= 4 is 45.5 Å². The van der Waals surface area contributed by atoms with Gasteiger partial charge in [0.2, 0.25) is 5.66 Å². The molecule has 1 aliphatic carbocycles. The molecule has 4 aliphatic rings. The maximum Gasteiger partial charge on any atom is 0.204 e. The Hall–Kier alpha value is -7.30. The molecule has 0 bridgehead atoms. The van der Waals surface area contributed by atoms with Crippen LogP contribution >= 0.6 is 0 Å². The zero-order valence-corrected chi connectivity index (χ0v) is 34.8. The van der Waals surface area contributed by atoms with Gasteiger partial charge in [0.1, 0.15) is 0 Å². The first-order chi connectivity index (χ1) is 29.8.